The first kappa shape index (κ1) is 30.3. The Morgan fingerprint density at radius 3 is 2.00 bits per heavy atom. The van der Waals surface area contributed by atoms with E-state index in [4.69, 9.17) is 0 Å². The summed E-state index contributed by atoms with van der Waals surface area (Å²) in [5.41, 5.74) is 2.79. The number of nitrogens with one attached hydrogen (secondary N) is 4. The standard InChI is InChI=1S/C32H38N4O4S/c1-32(2)28(30(40)34-25(21-37)18-22-12-6-3-7-13-22)36-31(41-32)27(29(39)33-20-24-16-10-5-11-17-24)35-26(38)19-23-14-8-4-9-15-23/h3-17,25,27-28,31,36-37H,18-21H2,1-2H3,(H,33,39)(H,34,40)(H,35,38)/t25-,27+,28-,31+/m0/s1. The molecule has 4 rings (SSSR count). The molecule has 3 aromatic carbocycles. The quantitative estimate of drug-likeness (QED) is 0.227. The maximum atomic E-state index is 13.5. The maximum Gasteiger partial charge on any atom is 0.245 e. The number of aliphatic hydroxyl groups is 1. The van der Waals surface area contributed by atoms with Crippen molar-refractivity contribution >= 4 is 29.5 Å². The molecular weight excluding hydrogens is 536 g/mol. The third-order valence-corrected chi connectivity index (χ3v) is 8.53. The van der Waals surface area contributed by atoms with Gasteiger partial charge in [-0.2, -0.15) is 0 Å². The van der Waals surface area contributed by atoms with Gasteiger partial charge >= 0.3 is 0 Å². The topological polar surface area (TPSA) is 120 Å². The monoisotopic (exact) mass is 574 g/mol. The number of hydrogen-bond acceptors (Lipinski definition) is 6. The Kier molecular flexibility index (Phi) is 10.6. The van der Waals surface area contributed by atoms with E-state index in [9.17, 15) is 19.5 Å². The molecule has 3 aromatic rings. The van der Waals surface area contributed by atoms with Crippen LogP contribution in [0.3, 0.4) is 0 Å². The Balaban J connectivity index is 1.46. The van der Waals surface area contributed by atoms with E-state index in [1.807, 2.05) is 105 Å². The molecule has 1 saturated heterocycles. The van der Waals surface area contributed by atoms with E-state index < -0.39 is 28.2 Å². The number of thioether (sulfide) groups is 1. The molecule has 0 spiro atoms. The van der Waals surface area contributed by atoms with Crippen molar-refractivity contribution in [3.63, 3.8) is 0 Å². The summed E-state index contributed by atoms with van der Waals surface area (Å²) in [5, 5.41) is 21.5. The smallest absolute Gasteiger partial charge is 0.245 e. The van der Waals surface area contributed by atoms with Crippen LogP contribution < -0.4 is 21.3 Å². The second kappa shape index (κ2) is 14.3. The van der Waals surface area contributed by atoms with Crippen molar-refractivity contribution in [3.8, 4) is 0 Å². The van der Waals surface area contributed by atoms with Crippen molar-refractivity contribution in [1.82, 2.24) is 21.3 Å². The number of carbonyl (C=O) groups is 3. The summed E-state index contributed by atoms with van der Waals surface area (Å²) in [7, 11) is 0. The van der Waals surface area contributed by atoms with E-state index >= 15 is 0 Å². The van der Waals surface area contributed by atoms with Crippen LogP contribution in [0.4, 0.5) is 0 Å². The molecule has 1 aliphatic heterocycles. The van der Waals surface area contributed by atoms with Gasteiger partial charge in [-0.25, -0.2) is 0 Å². The fraction of sp³-hybridized carbons (Fsp3) is 0.344. The Bertz CT molecular complexity index is 1290. The molecule has 41 heavy (non-hydrogen) atoms. The zero-order valence-corrected chi connectivity index (χ0v) is 24.2. The fourth-order valence-corrected chi connectivity index (χ4v) is 6.37. The number of carbonyl (C=O) groups excluding carboxylic acids is 3. The van der Waals surface area contributed by atoms with E-state index in [0.29, 0.717) is 13.0 Å². The van der Waals surface area contributed by atoms with E-state index in [0.717, 1.165) is 16.7 Å². The lowest BCUT2D eigenvalue weighted by Gasteiger charge is -2.26. The number of amides is 3. The summed E-state index contributed by atoms with van der Waals surface area (Å²) >= 11 is 1.44. The van der Waals surface area contributed by atoms with Crippen LogP contribution >= 0.6 is 11.8 Å². The second-order valence-electron chi connectivity index (χ2n) is 10.7. The second-order valence-corrected chi connectivity index (χ2v) is 12.5. The zero-order valence-electron chi connectivity index (χ0n) is 23.4. The summed E-state index contributed by atoms with van der Waals surface area (Å²) < 4.78 is -0.594. The summed E-state index contributed by atoms with van der Waals surface area (Å²) in [5.74, 6) is -0.888. The SMILES string of the molecule is CC1(C)S[C@H]([C@H](NC(=O)Cc2ccccc2)C(=O)NCc2ccccc2)N[C@H]1C(=O)N[C@H](CO)Cc1ccccc1. The van der Waals surface area contributed by atoms with Gasteiger partial charge in [0.15, 0.2) is 0 Å². The molecule has 1 heterocycles. The molecule has 0 bridgehead atoms. The molecule has 1 fully saturated rings. The minimum absolute atomic E-state index is 0.131. The summed E-state index contributed by atoms with van der Waals surface area (Å²) in [6.45, 7) is 3.98. The highest BCUT2D eigenvalue weighted by molar-refractivity contribution is 8.01. The van der Waals surface area contributed by atoms with Crippen LogP contribution in [-0.4, -0.2) is 57.7 Å². The van der Waals surface area contributed by atoms with Crippen molar-refractivity contribution < 1.29 is 19.5 Å². The van der Waals surface area contributed by atoms with Crippen LogP contribution in [0.2, 0.25) is 0 Å². The molecule has 1 aliphatic rings. The molecule has 0 aliphatic carbocycles. The number of rotatable bonds is 12. The van der Waals surface area contributed by atoms with Crippen molar-refractivity contribution in [2.24, 2.45) is 0 Å². The van der Waals surface area contributed by atoms with Gasteiger partial charge in [-0.15, -0.1) is 11.8 Å². The van der Waals surface area contributed by atoms with Crippen LogP contribution in [-0.2, 0) is 33.8 Å². The van der Waals surface area contributed by atoms with Gasteiger partial charge in [0, 0.05) is 11.3 Å². The molecular formula is C32H38N4O4S. The normalized spacial score (nSPS) is 19.1. The molecule has 0 saturated carbocycles. The Morgan fingerprint density at radius 2 is 1.41 bits per heavy atom. The van der Waals surface area contributed by atoms with E-state index in [1.165, 1.54) is 11.8 Å². The first-order chi connectivity index (χ1) is 19.7. The summed E-state index contributed by atoms with van der Waals surface area (Å²) in [4.78, 5) is 40.0. The van der Waals surface area contributed by atoms with Gasteiger partial charge in [0.1, 0.15) is 12.1 Å². The van der Waals surface area contributed by atoms with E-state index in [2.05, 4.69) is 21.3 Å². The van der Waals surface area contributed by atoms with Gasteiger partial charge in [-0.3, -0.25) is 19.7 Å². The number of hydrogen-bond donors (Lipinski definition) is 5. The van der Waals surface area contributed by atoms with Crippen molar-refractivity contribution in [1.29, 1.82) is 0 Å². The molecule has 8 nitrogen and oxygen atoms in total. The van der Waals surface area contributed by atoms with Gasteiger partial charge in [0.25, 0.3) is 0 Å². The van der Waals surface area contributed by atoms with Crippen LogP contribution in [0.15, 0.2) is 91.0 Å². The van der Waals surface area contributed by atoms with Crippen molar-refractivity contribution in [2.45, 2.75) is 61.5 Å². The van der Waals surface area contributed by atoms with E-state index in [-0.39, 0.29) is 30.7 Å². The van der Waals surface area contributed by atoms with Crippen LogP contribution in [0, 0.1) is 0 Å². The van der Waals surface area contributed by atoms with Gasteiger partial charge in [-0.1, -0.05) is 91.0 Å². The van der Waals surface area contributed by atoms with Crippen LogP contribution in [0.1, 0.15) is 30.5 Å². The predicted molar refractivity (Wildman–Crippen MR) is 162 cm³/mol. The summed E-state index contributed by atoms with van der Waals surface area (Å²) in [6.07, 6.45) is 0.624. The number of aliphatic hydroxyl groups excluding tert-OH is 1. The zero-order chi connectivity index (χ0) is 29.2. The molecule has 0 aromatic heterocycles. The first-order valence-electron chi connectivity index (χ1n) is 13.8. The Morgan fingerprint density at radius 1 is 0.854 bits per heavy atom. The lowest BCUT2D eigenvalue weighted by atomic mass is 10.0. The fourth-order valence-electron chi connectivity index (χ4n) is 4.87. The first-order valence-corrected chi connectivity index (χ1v) is 14.7. The predicted octanol–water partition coefficient (Wildman–Crippen LogP) is 2.56. The molecule has 9 heteroatoms. The highest BCUT2D eigenvalue weighted by Crippen LogP contribution is 2.39. The molecule has 5 N–H and O–H groups in total. The largest absolute Gasteiger partial charge is 0.394 e. The van der Waals surface area contributed by atoms with Crippen molar-refractivity contribution in [3.05, 3.63) is 108 Å². The average molecular weight is 575 g/mol. The number of benzene rings is 3. The molecule has 0 unspecified atom stereocenters. The van der Waals surface area contributed by atoms with Crippen molar-refractivity contribution in [2.75, 3.05) is 6.61 Å². The highest BCUT2D eigenvalue weighted by atomic mass is 32.2. The minimum Gasteiger partial charge on any atom is -0.394 e. The van der Waals surface area contributed by atoms with Crippen LogP contribution in [0.25, 0.3) is 0 Å². The molecule has 4 atom stereocenters. The minimum atomic E-state index is -0.921. The van der Waals surface area contributed by atoms with Gasteiger partial charge in [0.05, 0.1) is 24.4 Å². The van der Waals surface area contributed by atoms with Crippen LogP contribution in [0.5, 0.6) is 0 Å². The van der Waals surface area contributed by atoms with Gasteiger partial charge < -0.3 is 21.1 Å². The third-order valence-electron chi connectivity index (χ3n) is 7.03. The lowest BCUT2D eigenvalue weighted by molar-refractivity contribution is -0.129. The van der Waals surface area contributed by atoms with Gasteiger partial charge in [-0.05, 0) is 37.0 Å². The Hall–Kier alpha value is -3.66. The third kappa shape index (κ3) is 8.66. The molecule has 3 amide bonds. The maximum absolute atomic E-state index is 13.5. The lowest BCUT2D eigenvalue weighted by Crippen LogP contribution is -2.58. The van der Waals surface area contributed by atoms with Gasteiger partial charge in [0.2, 0.25) is 17.7 Å². The molecule has 0 radical (unpaired) electrons. The Labute approximate surface area is 245 Å². The average Bonchev–Trinajstić information content (AvgIpc) is 3.30. The highest BCUT2D eigenvalue weighted by Gasteiger charge is 2.49. The summed E-state index contributed by atoms with van der Waals surface area (Å²) in [6, 6.07) is 26.5. The van der Waals surface area contributed by atoms with E-state index in [1.54, 1.807) is 0 Å². The molecule has 216 valence electrons.